The van der Waals surface area contributed by atoms with E-state index in [1.165, 1.54) is 0 Å². The van der Waals surface area contributed by atoms with E-state index in [1.54, 1.807) is 19.9 Å². The molecule has 16 heavy (non-hydrogen) atoms. The number of hydrogen-bond donors (Lipinski definition) is 3. The smallest absolute Gasteiger partial charge is 0.273 e. The van der Waals surface area contributed by atoms with Gasteiger partial charge in [-0.25, -0.2) is 0 Å². The summed E-state index contributed by atoms with van der Waals surface area (Å²) < 4.78 is 5.25. The van der Waals surface area contributed by atoms with Crippen LogP contribution in [0.4, 0.5) is 0 Å². The summed E-state index contributed by atoms with van der Waals surface area (Å²) in [6, 6.07) is 1.68. The van der Waals surface area contributed by atoms with Gasteiger partial charge in [-0.3, -0.25) is 15.6 Å². The number of furan rings is 1. The van der Waals surface area contributed by atoms with Gasteiger partial charge >= 0.3 is 0 Å². The number of thiocarbonyl (C=S) groups is 1. The molecular formula is C10H15N3O2S. The zero-order chi connectivity index (χ0) is 12.1. The Hall–Kier alpha value is -1.56. The number of hydrogen-bond acceptors (Lipinski definition) is 3. The van der Waals surface area contributed by atoms with Crippen LogP contribution in [0.1, 0.15) is 28.8 Å². The van der Waals surface area contributed by atoms with Crippen molar-refractivity contribution in [1.29, 1.82) is 0 Å². The quantitative estimate of drug-likeness (QED) is 0.533. The summed E-state index contributed by atoms with van der Waals surface area (Å²) in [5.41, 5.74) is 5.59. The number of rotatable bonds is 2. The molecule has 0 aromatic carbocycles. The molecule has 0 bridgehead atoms. The van der Waals surface area contributed by atoms with Crippen LogP contribution < -0.4 is 16.2 Å². The Kier molecular flexibility index (Phi) is 4.30. The fraction of sp³-hybridized carbons (Fsp3) is 0.400. The van der Waals surface area contributed by atoms with Crippen LogP contribution in [0, 0.1) is 13.8 Å². The molecule has 0 saturated heterocycles. The van der Waals surface area contributed by atoms with Crippen molar-refractivity contribution in [2.24, 2.45) is 0 Å². The first kappa shape index (κ1) is 12.5. The first-order valence-electron chi connectivity index (χ1n) is 4.95. The normalized spacial score (nSPS) is 9.69. The summed E-state index contributed by atoms with van der Waals surface area (Å²) in [5.74, 6) is 1.03. The van der Waals surface area contributed by atoms with E-state index in [2.05, 4.69) is 16.2 Å². The van der Waals surface area contributed by atoms with Crippen LogP contribution in [-0.4, -0.2) is 17.6 Å². The van der Waals surface area contributed by atoms with Crippen LogP contribution in [0.5, 0.6) is 0 Å². The molecule has 3 N–H and O–H groups in total. The van der Waals surface area contributed by atoms with E-state index in [1.807, 2.05) is 6.92 Å². The van der Waals surface area contributed by atoms with Gasteiger partial charge in [-0.1, -0.05) is 0 Å². The maximum Gasteiger partial charge on any atom is 0.273 e. The van der Waals surface area contributed by atoms with Crippen molar-refractivity contribution in [3.05, 3.63) is 23.2 Å². The van der Waals surface area contributed by atoms with Crippen LogP contribution in [0.15, 0.2) is 10.5 Å². The molecule has 5 nitrogen and oxygen atoms in total. The van der Waals surface area contributed by atoms with Crippen molar-refractivity contribution >= 4 is 23.2 Å². The van der Waals surface area contributed by atoms with E-state index < -0.39 is 0 Å². The number of carbonyl (C=O) groups excluding carboxylic acids is 1. The molecule has 0 atom stereocenters. The lowest BCUT2D eigenvalue weighted by molar-refractivity contribution is 0.0942. The third-order valence-corrected chi connectivity index (χ3v) is 2.16. The topological polar surface area (TPSA) is 66.3 Å². The van der Waals surface area contributed by atoms with Gasteiger partial charge in [0.15, 0.2) is 5.11 Å². The molecule has 0 aliphatic heterocycles. The number of amides is 1. The summed E-state index contributed by atoms with van der Waals surface area (Å²) in [7, 11) is 0. The van der Waals surface area contributed by atoms with Crippen LogP contribution in [0.25, 0.3) is 0 Å². The van der Waals surface area contributed by atoms with Gasteiger partial charge in [0, 0.05) is 6.54 Å². The summed E-state index contributed by atoms with van der Waals surface area (Å²) in [4.78, 5) is 11.7. The fourth-order valence-electron chi connectivity index (χ4n) is 1.24. The van der Waals surface area contributed by atoms with Crippen molar-refractivity contribution in [1.82, 2.24) is 16.2 Å². The molecule has 0 spiro atoms. The predicted octanol–water partition coefficient (Wildman–Crippen LogP) is 1.03. The highest BCUT2D eigenvalue weighted by atomic mass is 32.1. The molecule has 0 aliphatic rings. The fourth-order valence-corrected chi connectivity index (χ4v) is 1.44. The number of carbonyl (C=O) groups is 1. The van der Waals surface area contributed by atoms with Crippen molar-refractivity contribution in [2.75, 3.05) is 6.54 Å². The highest BCUT2D eigenvalue weighted by Gasteiger charge is 2.12. The molecule has 1 rings (SSSR count). The van der Waals surface area contributed by atoms with E-state index in [0.717, 1.165) is 0 Å². The van der Waals surface area contributed by atoms with Crippen LogP contribution in [0.2, 0.25) is 0 Å². The van der Waals surface area contributed by atoms with Gasteiger partial charge in [-0.2, -0.15) is 0 Å². The van der Waals surface area contributed by atoms with Gasteiger partial charge in [0.05, 0.1) is 5.56 Å². The highest BCUT2D eigenvalue weighted by Crippen LogP contribution is 2.12. The first-order chi connectivity index (χ1) is 7.54. The maximum atomic E-state index is 11.7. The number of hydrazine groups is 1. The van der Waals surface area contributed by atoms with Crippen LogP contribution in [0.3, 0.4) is 0 Å². The van der Waals surface area contributed by atoms with E-state index in [-0.39, 0.29) is 5.91 Å². The minimum Gasteiger partial charge on any atom is -0.466 e. The molecule has 0 radical (unpaired) electrons. The summed E-state index contributed by atoms with van der Waals surface area (Å²) in [5, 5.41) is 3.24. The molecule has 1 heterocycles. The second kappa shape index (κ2) is 5.50. The molecule has 1 aromatic rings. The van der Waals surface area contributed by atoms with Gasteiger partial charge in [-0.15, -0.1) is 0 Å². The SMILES string of the molecule is CCNC(=S)NNC(=O)c1cc(C)oc1C. The second-order valence-corrected chi connectivity index (χ2v) is 3.67. The molecule has 1 aromatic heterocycles. The molecule has 0 saturated carbocycles. The standard InChI is InChI=1S/C10H15N3O2S/c1-4-11-10(16)13-12-9(14)8-5-6(2)15-7(8)3/h5H,4H2,1-3H3,(H,12,14)(H2,11,13,16). The third-order valence-electron chi connectivity index (χ3n) is 1.91. The Morgan fingerprint density at radius 3 is 2.62 bits per heavy atom. The predicted molar refractivity (Wildman–Crippen MR) is 65.1 cm³/mol. The Balaban J connectivity index is 2.53. The maximum absolute atomic E-state index is 11.7. The van der Waals surface area contributed by atoms with Crippen molar-refractivity contribution in [3.8, 4) is 0 Å². The van der Waals surface area contributed by atoms with Crippen LogP contribution >= 0.6 is 12.2 Å². The minimum atomic E-state index is -0.269. The van der Waals surface area contributed by atoms with Crippen molar-refractivity contribution < 1.29 is 9.21 Å². The van der Waals surface area contributed by atoms with Gasteiger partial charge in [0.1, 0.15) is 11.5 Å². The lowest BCUT2D eigenvalue weighted by Gasteiger charge is -2.09. The first-order valence-corrected chi connectivity index (χ1v) is 5.36. The number of nitrogens with one attached hydrogen (secondary N) is 3. The average molecular weight is 241 g/mol. The molecule has 88 valence electrons. The van der Waals surface area contributed by atoms with Crippen LogP contribution in [-0.2, 0) is 0 Å². The Morgan fingerprint density at radius 2 is 2.12 bits per heavy atom. The molecular weight excluding hydrogens is 226 g/mol. The average Bonchev–Trinajstić information content (AvgIpc) is 2.55. The zero-order valence-electron chi connectivity index (χ0n) is 9.51. The van der Waals surface area contributed by atoms with Crippen molar-refractivity contribution in [2.45, 2.75) is 20.8 Å². The molecule has 0 unspecified atom stereocenters. The zero-order valence-corrected chi connectivity index (χ0v) is 10.3. The summed E-state index contributed by atoms with van der Waals surface area (Å²) in [6.45, 7) is 6.15. The van der Waals surface area contributed by atoms with Crippen molar-refractivity contribution in [3.63, 3.8) is 0 Å². The minimum absolute atomic E-state index is 0.269. The molecule has 6 heteroatoms. The Bertz CT molecular complexity index is 401. The Labute approximate surface area is 99.6 Å². The van der Waals surface area contributed by atoms with Gasteiger partial charge in [0.2, 0.25) is 0 Å². The second-order valence-electron chi connectivity index (χ2n) is 3.27. The largest absolute Gasteiger partial charge is 0.466 e. The van der Waals surface area contributed by atoms with E-state index in [4.69, 9.17) is 16.6 Å². The van der Waals surface area contributed by atoms with E-state index in [0.29, 0.717) is 28.7 Å². The lowest BCUT2D eigenvalue weighted by Crippen LogP contribution is -2.46. The highest BCUT2D eigenvalue weighted by molar-refractivity contribution is 7.80. The molecule has 0 aliphatic carbocycles. The third kappa shape index (κ3) is 3.23. The summed E-state index contributed by atoms with van der Waals surface area (Å²) in [6.07, 6.45) is 0. The number of aryl methyl sites for hydroxylation is 2. The van der Waals surface area contributed by atoms with Gasteiger partial charge < -0.3 is 9.73 Å². The Morgan fingerprint density at radius 1 is 1.44 bits per heavy atom. The molecule has 0 fully saturated rings. The van der Waals surface area contributed by atoms with Gasteiger partial charge in [0.25, 0.3) is 5.91 Å². The van der Waals surface area contributed by atoms with E-state index in [9.17, 15) is 4.79 Å². The molecule has 1 amide bonds. The lowest BCUT2D eigenvalue weighted by atomic mass is 10.2. The monoisotopic (exact) mass is 241 g/mol. The van der Waals surface area contributed by atoms with E-state index >= 15 is 0 Å². The van der Waals surface area contributed by atoms with Gasteiger partial charge in [-0.05, 0) is 39.1 Å². The summed E-state index contributed by atoms with van der Waals surface area (Å²) >= 11 is 4.90.